The molecule has 5 heteroatoms. The Bertz CT molecular complexity index is 777. The van der Waals surface area contributed by atoms with Gasteiger partial charge in [-0.3, -0.25) is 4.79 Å². The van der Waals surface area contributed by atoms with Gasteiger partial charge >= 0.3 is 0 Å². The lowest BCUT2D eigenvalue weighted by molar-refractivity contribution is -0.114. The lowest BCUT2D eigenvalue weighted by Crippen LogP contribution is -2.12. The lowest BCUT2D eigenvalue weighted by atomic mass is 10.1. The maximum Gasteiger partial charge on any atom is 0.259 e. The largest absolute Gasteiger partial charge is 0.490 e. The van der Waals surface area contributed by atoms with E-state index in [2.05, 4.69) is 0 Å². The molecule has 0 heterocycles. The number of amides is 1. The predicted octanol–water partition coefficient (Wildman–Crippen LogP) is 3.06. The summed E-state index contributed by atoms with van der Waals surface area (Å²) in [5, 5.41) is 8.92. The van der Waals surface area contributed by atoms with Crippen LogP contribution in [0.1, 0.15) is 18.1 Å². The summed E-state index contributed by atoms with van der Waals surface area (Å²) in [6, 6.07) is 16.8. The smallest absolute Gasteiger partial charge is 0.259 e. The molecule has 0 spiro atoms. The molecule has 0 atom stereocenters. The first kappa shape index (κ1) is 17.1. The van der Waals surface area contributed by atoms with Gasteiger partial charge in [0.25, 0.3) is 5.91 Å². The van der Waals surface area contributed by atoms with Crippen molar-refractivity contribution in [2.45, 2.75) is 13.5 Å². The van der Waals surface area contributed by atoms with Crippen molar-refractivity contribution >= 4 is 12.0 Å². The van der Waals surface area contributed by atoms with Gasteiger partial charge in [-0.2, -0.15) is 5.26 Å². The van der Waals surface area contributed by atoms with Crippen LogP contribution in [0.5, 0.6) is 11.5 Å². The molecule has 5 nitrogen and oxygen atoms in total. The van der Waals surface area contributed by atoms with Gasteiger partial charge in [-0.25, -0.2) is 0 Å². The fourth-order valence-electron chi connectivity index (χ4n) is 2.06. The Balaban J connectivity index is 2.23. The summed E-state index contributed by atoms with van der Waals surface area (Å²) in [4.78, 5) is 11.1. The number of benzene rings is 2. The molecule has 0 unspecified atom stereocenters. The monoisotopic (exact) mass is 322 g/mol. The van der Waals surface area contributed by atoms with Gasteiger partial charge < -0.3 is 15.2 Å². The van der Waals surface area contributed by atoms with Crippen LogP contribution in [-0.2, 0) is 11.4 Å². The quantitative estimate of drug-likeness (QED) is 0.627. The van der Waals surface area contributed by atoms with E-state index in [4.69, 9.17) is 20.5 Å². The molecule has 0 saturated carbocycles. The first-order chi connectivity index (χ1) is 11.6. The number of carbonyl (C=O) groups is 1. The molecule has 0 aliphatic carbocycles. The summed E-state index contributed by atoms with van der Waals surface area (Å²) in [5.74, 6) is 0.374. The summed E-state index contributed by atoms with van der Waals surface area (Å²) >= 11 is 0. The van der Waals surface area contributed by atoms with Gasteiger partial charge in [-0.05, 0) is 36.3 Å². The Labute approximate surface area is 140 Å². The number of carbonyl (C=O) groups excluding carboxylic acids is 1. The third-order valence-corrected chi connectivity index (χ3v) is 3.20. The summed E-state index contributed by atoms with van der Waals surface area (Å²) < 4.78 is 11.4. The summed E-state index contributed by atoms with van der Waals surface area (Å²) in [7, 11) is 0. The highest BCUT2D eigenvalue weighted by molar-refractivity contribution is 6.00. The van der Waals surface area contributed by atoms with Crippen molar-refractivity contribution in [1.29, 1.82) is 5.26 Å². The van der Waals surface area contributed by atoms with Gasteiger partial charge in [0.05, 0.1) is 6.61 Å². The van der Waals surface area contributed by atoms with E-state index in [1.165, 1.54) is 6.08 Å². The molecule has 122 valence electrons. The van der Waals surface area contributed by atoms with Gasteiger partial charge in [0.1, 0.15) is 18.2 Å². The van der Waals surface area contributed by atoms with Crippen LogP contribution in [0.25, 0.3) is 6.08 Å². The van der Waals surface area contributed by atoms with Crippen molar-refractivity contribution in [3.63, 3.8) is 0 Å². The summed E-state index contributed by atoms with van der Waals surface area (Å²) in [5.41, 5.74) is 6.72. The van der Waals surface area contributed by atoms with Gasteiger partial charge in [-0.1, -0.05) is 36.4 Å². The first-order valence-electron chi connectivity index (χ1n) is 7.49. The molecular formula is C19H18N2O3. The van der Waals surface area contributed by atoms with Crippen LogP contribution in [0.3, 0.4) is 0 Å². The van der Waals surface area contributed by atoms with E-state index in [0.29, 0.717) is 30.3 Å². The van der Waals surface area contributed by atoms with Crippen molar-refractivity contribution in [2.24, 2.45) is 5.73 Å². The SMILES string of the molecule is CCOc1cc(/C=C(\C#N)C(N)=O)ccc1OCc1ccccc1. The van der Waals surface area contributed by atoms with E-state index >= 15 is 0 Å². The van der Waals surface area contributed by atoms with Crippen LogP contribution in [0.4, 0.5) is 0 Å². The van der Waals surface area contributed by atoms with Crippen molar-refractivity contribution in [3.8, 4) is 17.6 Å². The molecule has 24 heavy (non-hydrogen) atoms. The molecule has 1 amide bonds. The zero-order valence-electron chi connectivity index (χ0n) is 13.4. The molecule has 0 aliphatic heterocycles. The minimum Gasteiger partial charge on any atom is -0.490 e. The second-order valence-corrected chi connectivity index (χ2v) is 4.95. The minimum atomic E-state index is -0.764. The highest BCUT2D eigenvalue weighted by Gasteiger charge is 2.08. The molecule has 0 fully saturated rings. The molecule has 0 saturated heterocycles. The molecule has 0 radical (unpaired) electrons. The zero-order chi connectivity index (χ0) is 17.4. The highest BCUT2D eigenvalue weighted by Crippen LogP contribution is 2.30. The Morgan fingerprint density at radius 2 is 1.92 bits per heavy atom. The average Bonchev–Trinajstić information content (AvgIpc) is 2.60. The van der Waals surface area contributed by atoms with Crippen molar-refractivity contribution in [1.82, 2.24) is 0 Å². The van der Waals surface area contributed by atoms with Crippen LogP contribution in [0.15, 0.2) is 54.1 Å². The Morgan fingerprint density at radius 3 is 2.54 bits per heavy atom. The van der Waals surface area contributed by atoms with Crippen LogP contribution >= 0.6 is 0 Å². The number of nitrogens with two attached hydrogens (primary N) is 1. The number of nitriles is 1. The molecule has 2 rings (SSSR count). The number of rotatable bonds is 7. The predicted molar refractivity (Wildman–Crippen MR) is 91.2 cm³/mol. The Hall–Kier alpha value is -3.26. The zero-order valence-corrected chi connectivity index (χ0v) is 13.4. The fraction of sp³-hybridized carbons (Fsp3) is 0.158. The van der Waals surface area contributed by atoms with E-state index < -0.39 is 5.91 Å². The van der Waals surface area contributed by atoms with Gasteiger partial charge in [-0.15, -0.1) is 0 Å². The third-order valence-electron chi connectivity index (χ3n) is 3.20. The van der Waals surface area contributed by atoms with E-state index in [0.717, 1.165) is 5.56 Å². The van der Waals surface area contributed by atoms with Crippen molar-refractivity contribution < 1.29 is 14.3 Å². The maximum absolute atomic E-state index is 11.1. The number of nitrogens with zero attached hydrogens (tertiary/aromatic N) is 1. The molecular weight excluding hydrogens is 304 g/mol. The Morgan fingerprint density at radius 1 is 1.17 bits per heavy atom. The minimum absolute atomic E-state index is 0.115. The molecule has 0 aliphatic rings. The molecule has 2 aromatic rings. The number of primary amides is 1. The van der Waals surface area contributed by atoms with Gasteiger partial charge in [0, 0.05) is 0 Å². The second kappa shape index (κ2) is 8.39. The molecule has 0 bridgehead atoms. The standard InChI is InChI=1S/C19H18N2O3/c1-2-23-18-11-15(10-16(12-20)19(21)22)8-9-17(18)24-13-14-6-4-3-5-7-14/h3-11H,2,13H2,1H3,(H2,21,22)/b16-10+. The van der Waals surface area contributed by atoms with E-state index in [-0.39, 0.29) is 5.57 Å². The summed E-state index contributed by atoms with van der Waals surface area (Å²) in [6.45, 7) is 2.75. The number of ether oxygens (including phenoxy) is 2. The van der Waals surface area contributed by atoms with Crippen molar-refractivity contribution in [2.75, 3.05) is 6.61 Å². The highest BCUT2D eigenvalue weighted by atomic mass is 16.5. The van der Waals surface area contributed by atoms with Crippen LogP contribution in [-0.4, -0.2) is 12.5 Å². The average molecular weight is 322 g/mol. The fourth-order valence-corrected chi connectivity index (χ4v) is 2.06. The molecule has 2 aromatic carbocycles. The normalized spacial score (nSPS) is 10.8. The topological polar surface area (TPSA) is 85.3 Å². The number of hydrogen-bond donors (Lipinski definition) is 1. The van der Waals surface area contributed by atoms with Gasteiger partial charge in [0.15, 0.2) is 11.5 Å². The molecule has 0 aromatic heterocycles. The Kier molecular flexibility index (Phi) is 5.98. The first-order valence-corrected chi connectivity index (χ1v) is 7.49. The summed E-state index contributed by atoms with van der Waals surface area (Å²) in [6.07, 6.45) is 1.42. The van der Waals surface area contributed by atoms with E-state index in [1.54, 1.807) is 24.3 Å². The lowest BCUT2D eigenvalue weighted by Gasteiger charge is -2.13. The maximum atomic E-state index is 11.1. The van der Waals surface area contributed by atoms with Crippen molar-refractivity contribution in [3.05, 3.63) is 65.2 Å². The van der Waals surface area contributed by atoms with E-state index in [9.17, 15) is 4.79 Å². The molecule has 2 N–H and O–H groups in total. The van der Waals surface area contributed by atoms with Crippen LogP contribution in [0.2, 0.25) is 0 Å². The van der Waals surface area contributed by atoms with E-state index in [1.807, 2.05) is 37.3 Å². The van der Waals surface area contributed by atoms with Crippen LogP contribution < -0.4 is 15.2 Å². The second-order valence-electron chi connectivity index (χ2n) is 4.95. The van der Waals surface area contributed by atoms with Crippen LogP contribution in [0, 0.1) is 11.3 Å². The van der Waals surface area contributed by atoms with Gasteiger partial charge in [0.2, 0.25) is 0 Å². The third kappa shape index (κ3) is 4.62. The number of hydrogen-bond acceptors (Lipinski definition) is 4.